The Hall–Kier alpha value is -3.12. The highest BCUT2D eigenvalue weighted by atomic mass is 35.5. The van der Waals surface area contributed by atoms with Crippen molar-refractivity contribution in [3.8, 4) is 6.07 Å². The summed E-state index contributed by atoms with van der Waals surface area (Å²) in [6.07, 6.45) is 2.32. The number of carbonyl (C=O) groups excluding carboxylic acids is 1. The fourth-order valence-corrected chi connectivity index (χ4v) is 4.98. The average Bonchev–Trinajstić information content (AvgIpc) is 3.19. The normalized spacial score (nSPS) is 14.3. The first-order valence-electron chi connectivity index (χ1n) is 10.6. The highest BCUT2D eigenvalue weighted by Crippen LogP contribution is 2.31. The number of nitrogens with two attached hydrogens (primary N) is 1. The molecule has 3 aromatic rings. The second kappa shape index (κ2) is 9.79. The molecular weight excluding hydrogens is 456 g/mol. The van der Waals surface area contributed by atoms with Crippen LogP contribution in [0.1, 0.15) is 33.6 Å². The molecule has 9 heteroatoms. The summed E-state index contributed by atoms with van der Waals surface area (Å²) in [5, 5.41) is 13.2. The molecule has 4 rings (SSSR count). The summed E-state index contributed by atoms with van der Waals surface area (Å²) >= 11 is 7.15. The van der Waals surface area contributed by atoms with Crippen molar-refractivity contribution >= 4 is 51.0 Å². The molecule has 0 aliphatic carbocycles. The van der Waals surface area contributed by atoms with E-state index in [1.165, 1.54) is 29.2 Å². The number of nitrogen functional groups attached to an aromatic ring is 1. The molecule has 0 unspecified atom stereocenters. The number of anilines is 4. The summed E-state index contributed by atoms with van der Waals surface area (Å²) in [5.41, 5.74) is 8.68. The van der Waals surface area contributed by atoms with Crippen LogP contribution in [0.5, 0.6) is 0 Å². The molecule has 7 nitrogen and oxygen atoms in total. The van der Waals surface area contributed by atoms with Gasteiger partial charge in [0.15, 0.2) is 5.13 Å². The number of ketones is 1. The molecule has 1 fully saturated rings. The summed E-state index contributed by atoms with van der Waals surface area (Å²) in [4.78, 5) is 22.2. The first-order chi connectivity index (χ1) is 15.9. The molecule has 0 amide bonds. The van der Waals surface area contributed by atoms with E-state index >= 15 is 0 Å². The summed E-state index contributed by atoms with van der Waals surface area (Å²) in [7, 11) is 4.29. The number of thiazole rings is 1. The molecule has 2 aromatic carbocycles. The first kappa shape index (κ1) is 23.1. The minimum Gasteiger partial charge on any atom is -0.382 e. The van der Waals surface area contributed by atoms with Gasteiger partial charge in [-0.3, -0.25) is 4.79 Å². The molecule has 1 aliphatic rings. The van der Waals surface area contributed by atoms with Gasteiger partial charge in [-0.05, 0) is 69.4 Å². The Morgan fingerprint density at radius 1 is 1.24 bits per heavy atom. The minimum absolute atomic E-state index is 0.154. The average molecular weight is 481 g/mol. The third kappa shape index (κ3) is 5.11. The topological polar surface area (TPSA) is 98.3 Å². The predicted molar refractivity (Wildman–Crippen MR) is 135 cm³/mol. The Morgan fingerprint density at radius 3 is 2.58 bits per heavy atom. The van der Waals surface area contributed by atoms with Crippen LogP contribution < -0.4 is 16.0 Å². The predicted octanol–water partition coefficient (Wildman–Crippen LogP) is 4.76. The molecule has 0 spiro atoms. The van der Waals surface area contributed by atoms with Crippen molar-refractivity contribution in [2.45, 2.75) is 18.9 Å². The third-order valence-electron chi connectivity index (χ3n) is 5.89. The van der Waals surface area contributed by atoms with E-state index in [1.54, 1.807) is 6.07 Å². The van der Waals surface area contributed by atoms with Gasteiger partial charge in [-0.1, -0.05) is 22.9 Å². The van der Waals surface area contributed by atoms with E-state index in [9.17, 15) is 4.79 Å². The third-order valence-corrected chi connectivity index (χ3v) is 7.20. The number of rotatable bonds is 6. The monoisotopic (exact) mass is 480 g/mol. The maximum atomic E-state index is 12.9. The van der Waals surface area contributed by atoms with Crippen LogP contribution in [0.3, 0.4) is 0 Å². The Morgan fingerprint density at radius 2 is 1.94 bits per heavy atom. The number of halogens is 1. The Labute approximate surface area is 202 Å². The van der Waals surface area contributed by atoms with Crippen LogP contribution in [0.15, 0.2) is 42.5 Å². The van der Waals surface area contributed by atoms with Gasteiger partial charge in [-0.15, -0.1) is 0 Å². The summed E-state index contributed by atoms with van der Waals surface area (Å²) in [6.45, 7) is 2.09. The van der Waals surface area contributed by atoms with Crippen molar-refractivity contribution in [3.63, 3.8) is 0 Å². The molecule has 1 saturated heterocycles. The number of benzene rings is 2. The Kier molecular flexibility index (Phi) is 6.84. The highest BCUT2D eigenvalue weighted by molar-refractivity contribution is 7.18. The summed E-state index contributed by atoms with van der Waals surface area (Å²) in [5.74, 6) is -0.135. The van der Waals surface area contributed by atoms with Crippen LogP contribution in [-0.2, 0) is 0 Å². The lowest BCUT2D eigenvalue weighted by Crippen LogP contribution is -2.41. The van der Waals surface area contributed by atoms with E-state index in [1.807, 2.05) is 18.2 Å². The molecule has 0 bridgehead atoms. The van der Waals surface area contributed by atoms with Crippen LogP contribution in [0.2, 0.25) is 5.02 Å². The lowest BCUT2D eigenvalue weighted by atomic mass is 10.0. The van der Waals surface area contributed by atoms with E-state index in [2.05, 4.69) is 46.3 Å². The molecular formula is C24H25ClN6OS. The maximum absolute atomic E-state index is 12.9. The second-order valence-electron chi connectivity index (χ2n) is 8.22. The largest absolute Gasteiger partial charge is 0.382 e. The van der Waals surface area contributed by atoms with E-state index < -0.39 is 0 Å². The fraction of sp³-hybridized carbons (Fsp3) is 0.292. The molecule has 0 saturated carbocycles. The number of nitrogens with one attached hydrogen (secondary N) is 1. The van der Waals surface area contributed by atoms with E-state index in [-0.39, 0.29) is 17.2 Å². The highest BCUT2D eigenvalue weighted by Gasteiger charge is 2.21. The quantitative estimate of drug-likeness (QED) is 0.491. The van der Waals surface area contributed by atoms with E-state index in [0.717, 1.165) is 31.6 Å². The zero-order chi connectivity index (χ0) is 23.5. The Balaban J connectivity index is 1.44. The number of nitriles is 1. The molecule has 0 atom stereocenters. The molecule has 1 aliphatic heterocycles. The van der Waals surface area contributed by atoms with Crippen LogP contribution >= 0.6 is 22.9 Å². The maximum Gasteiger partial charge on any atom is 0.206 e. The van der Waals surface area contributed by atoms with Crippen molar-refractivity contribution in [1.29, 1.82) is 5.26 Å². The zero-order valence-electron chi connectivity index (χ0n) is 18.5. The van der Waals surface area contributed by atoms with Gasteiger partial charge in [-0.25, -0.2) is 4.98 Å². The van der Waals surface area contributed by atoms with Crippen LogP contribution in [0.4, 0.5) is 22.3 Å². The van der Waals surface area contributed by atoms with Crippen molar-refractivity contribution in [2.75, 3.05) is 43.1 Å². The van der Waals surface area contributed by atoms with E-state index in [0.29, 0.717) is 26.6 Å². The molecule has 170 valence electrons. The van der Waals surface area contributed by atoms with Crippen molar-refractivity contribution in [2.24, 2.45) is 0 Å². The number of carbonyl (C=O) groups is 1. The lowest BCUT2D eigenvalue weighted by Gasteiger charge is -2.36. The van der Waals surface area contributed by atoms with Gasteiger partial charge in [-0.2, -0.15) is 5.26 Å². The van der Waals surface area contributed by atoms with Gasteiger partial charge in [0, 0.05) is 36.1 Å². The smallest absolute Gasteiger partial charge is 0.206 e. The number of piperidine rings is 1. The number of hydrogen-bond acceptors (Lipinski definition) is 8. The van der Waals surface area contributed by atoms with Gasteiger partial charge < -0.3 is 20.9 Å². The molecule has 3 N–H and O–H groups in total. The standard InChI is InChI=1S/C24H25ClN6OS/c1-30(2)18-9-11-31(12-10-18)19-6-4-17(5-7-19)28-24-29-23(27)22(33-24)21(32)15-3-8-20(25)16(13-15)14-26/h3-8,13,18H,9-12,27H2,1-2H3,(H,28,29). The zero-order valence-corrected chi connectivity index (χ0v) is 20.1. The number of nitrogens with zero attached hydrogens (tertiary/aromatic N) is 4. The van der Waals surface area contributed by atoms with Gasteiger partial charge >= 0.3 is 0 Å². The van der Waals surface area contributed by atoms with Crippen molar-refractivity contribution in [3.05, 3.63) is 63.5 Å². The lowest BCUT2D eigenvalue weighted by molar-refractivity contribution is 0.104. The minimum atomic E-state index is -0.289. The molecule has 1 aromatic heterocycles. The summed E-state index contributed by atoms with van der Waals surface area (Å²) in [6, 6.07) is 15.4. The number of aromatic nitrogens is 1. The van der Waals surface area contributed by atoms with Crippen LogP contribution in [0.25, 0.3) is 0 Å². The molecule has 33 heavy (non-hydrogen) atoms. The Bertz CT molecular complexity index is 1190. The fourth-order valence-electron chi connectivity index (χ4n) is 3.95. The molecule has 0 radical (unpaired) electrons. The first-order valence-corrected chi connectivity index (χ1v) is 11.8. The van der Waals surface area contributed by atoms with Gasteiger partial charge in [0.25, 0.3) is 0 Å². The van der Waals surface area contributed by atoms with Crippen LogP contribution in [0, 0.1) is 11.3 Å². The van der Waals surface area contributed by atoms with Gasteiger partial charge in [0.2, 0.25) is 5.78 Å². The van der Waals surface area contributed by atoms with Crippen molar-refractivity contribution in [1.82, 2.24) is 9.88 Å². The summed E-state index contributed by atoms with van der Waals surface area (Å²) < 4.78 is 0. The molecule has 2 heterocycles. The SMILES string of the molecule is CN(C)C1CCN(c2ccc(Nc3nc(N)c(C(=O)c4ccc(Cl)c(C#N)c4)s3)cc2)CC1. The van der Waals surface area contributed by atoms with Gasteiger partial charge in [0.1, 0.15) is 16.8 Å². The van der Waals surface area contributed by atoms with Gasteiger partial charge in [0.05, 0.1) is 10.6 Å². The van der Waals surface area contributed by atoms with Crippen molar-refractivity contribution < 1.29 is 4.79 Å². The van der Waals surface area contributed by atoms with Crippen LogP contribution in [-0.4, -0.2) is 48.9 Å². The number of hydrogen-bond donors (Lipinski definition) is 2. The van der Waals surface area contributed by atoms with E-state index in [4.69, 9.17) is 22.6 Å². The second-order valence-corrected chi connectivity index (χ2v) is 9.63.